The van der Waals surface area contributed by atoms with Crippen molar-refractivity contribution in [2.75, 3.05) is 0 Å². The monoisotopic (exact) mass is 249 g/mol. The number of hydrogen-bond acceptors (Lipinski definition) is 2. The minimum absolute atomic E-state index is 0.0637. The molecule has 98 valence electrons. The van der Waals surface area contributed by atoms with Gasteiger partial charge in [-0.15, -0.1) is 0 Å². The van der Waals surface area contributed by atoms with Crippen molar-refractivity contribution in [2.45, 2.75) is 39.7 Å². The molecule has 0 heterocycles. The Balaban J connectivity index is 2.68. The third-order valence-electron chi connectivity index (χ3n) is 2.88. The van der Waals surface area contributed by atoms with E-state index in [9.17, 15) is 9.59 Å². The van der Waals surface area contributed by atoms with Gasteiger partial charge in [0.25, 0.3) is 5.91 Å². The van der Waals surface area contributed by atoms with Gasteiger partial charge >= 0.3 is 5.97 Å². The maximum Gasteiger partial charge on any atom is 0.303 e. The van der Waals surface area contributed by atoms with Crippen LogP contribution in [0.2, 0.25) is 0 Å². The normalized spacial score (nSPS) is 11.9. The van der Waals surface area contributed by atoms with Crippen molar-refractivity contribution in [3.8, 4) is 0 Å². The van der Waals surface area contributed by atoms with E-state index in [1.807, 2.05) is 39.0 Å². The molecule has 0 saturated heterocycles. The smallest absolute Gasteiger partial charge is 0.303 e. The number of hydrogen-bond donors (Lipinski definition) is 2. The topological polar surface area (TPSA) is 66.4 Å². The molecule has 2 N–H and O–H groups in total. The summed E-state index contributed by atoms with van der Waals surface area (Å²) in [4.78, 5) is 22.5. The van der Waals surface area contributed by atoms with Crippen molar-refractivity contribution in [3.05, 3.63) is 34.9 Å². The van der Waals surface area contributed by atoms with Crippen molar-refractivity contribution in [2.24, 2.45) is 0 Å². The van der Waals surface area contributed by atoms with E-state index in [0.29, 0.717) is 12.0 Å². The zero-order chi connectivity index (χ0) is 13.7. The fourth-order valence-corrected chi connectivity index (χ4v) is 1.88. The lowest BCUT2D eigenvalue weighted by atomic mass is 10.0. The minimum Gasteiger partial charge on any atom is -0.481 e. The molecule has 0 aromatic heterocycles. The summed E-state index contributed by atoms with van der Waals surface area (Å²) in [5.41, 5.74) is 2.54. The fourth-order valence-electron chi connectivity index (χ4n) is 1.88. The molecular weight excluding hydrogens is 230 g/mol. The Bertz CT molecular complexity index is 434. The van der Waals surface area contributed by atoms with E-state index in [1.165, 1.54) is 0 Å². The zero-order valence-electron chi connectivity index (χ0n) is 11.0. The molecule has 0 aliphatic rings. The molecule has 0 bridgehead atoms. The van der Waals surface area contributed by atoms with E-state index in [4.69, 9.17) is 5.11 Å². The molecule has 4 nitrogen and oxygen atoms in total. The molecule has 0 saturated carbocycles. The molecular formula is C14H19NO3. The lowest BCUT2D eigenvalue weighted by Crippen LogP contribution is -2.33. The van der Waals surface area contributed by atoms with Gasteiger partial charge in [-0.25, -0.2) is 0 Å². The molecule has 1 aromatic rings. The van der Waals surface area contributed by atoms with Crippen LogP contribution in [0.25, 0.3) is 0 Å². The van der Waals surface area contributed by atoms with Gasteiger partial charge in [-0.3, -0.25) is 9.59 Å². The second-order valence-corrected chi connectivity index (χ2v) is 4.57. The van der Waals surface area contributed by atoms with Gasteiger partial charge in [-0.2, -0.15) is 0 Å². The van der Waals surface area contributed by atoms with Crippen molar-refractivity contribution in [1.82, 2.24) is 5.32 Å². The van der Waals surface area contributed by atoms with Gasteiger partial charge < -0.3 is 10.4 Å². The van der Waals surface area contributed by atoms with E-state index in [2.05, 4.69) is 5.32 Å². The molecule has 0 aliphatic heterocycles. The summed E-state index contributed by atoms with van der Waals surface area (Å²) < 4.78 is 0. The first-order chi connectivity index (χ1) is 8.41. The minimum atomic E-state index is -0.844. The van der Waals surface area contributed by atoms with Gasteiger partial charge in [0, 0.05) is 18.0 Å². The van der Waals surface area contributed by atoms with E-state index >= 15 is 0 Å². The number of carbonyl (C=O) groups excluding carboxylic acids is 1. The molecule has 1 atom stereocenters. The second kappa shape index (κ2) is 6.19. The van der Waals surface area contributed by atoms with Crippen molar-refractivity contribution in [1.29, 1.82) is 0 Å². The summed E-state index contributed by atoms with van der Waals surface area (Å²) in [6.07, 6.45) is 0.500. The van der Waals surface area contributed by atoms with Crippen LogP contribution in [0.5, 0.6) is 0 Å². The zero-order valence-corrected chi connectivity index (χ0v) is 11.0. The summed E-state index contributed by atoms with van der Waals surface area (Å²) in [7, 11) is 0. The van der Waals surface area contributed by atoms with Crippen LogP contribution in [0.3, 0.4) is 0 Å². The van der Waals surface area contributed by atoms with Crippen LogP contribution in [0.4, 0.5) is 0 Å². The van der Waals surface area contributed by atoms with Gasteiger partial charge in [-0.1, -0.05) is 18.2 Å². The lowest BCUT2D eigenvalue weighted by Gasteiger charge is -2.15. The van der Waals surface area contributed by atoms with Crippen molar-refractivity contribution < 1.29 is 14.7 Å². The molecule has 4 heteroatoms. The molecule has 18 heavy (non-hydrogen) atoms. The Kier molecular flexibility index (Phi) is 4.89. The Labute approximate surface area is 107 Å². The highest BCUT2D eigenvalue weighted by molar-refractivity contribution is 5.97. The van der Waals surface area contributed by atoms with Crippen LogP contribution in [0.1, 0.15) is 41.3 Å². The van der Waals surface area contributed by atoms with Crippen LogP contribution >= 0.6 is 0 Å². The standard InChI is InChI=1S/C14H19NO3/c1-9-5-4-6-10(2)13(9)14(18)15-11(3)7-8-12(16)17/h4-6,11H,7-8H2,1-3H3,(H,15,18)(H,16,17). The molecule has 1 amide bonds. The van der Waals surface area contributed by atoms with Crippen LogP contribution < -0.4 is 5.32 Å². The molecule has 1 rings (SSSR count). The van der Waals surface area contributed by atoms with Gasteiger partial charge in [0.15, 0.2) is 0 Å². The highest BCUT2D eigenvalue weighted by atomic mass is 16.4. The predicted molar refractivity (Wildman–Crippen MR) is 69.7 cm³/mol. The first-order valence-electron chi connectivity index (χ1n) is 6.00. The van der Waals surface area contributed by atoms with Gasteiger partial charge in [0.1, 0.15) is 0 Å². The largest absolute Gasteiger partial charge is 0.481 e. The van der Waals surface area contributed by atoms with Crippen LogP contribution in [0.15, 0.2) is 18.2 Å². The lowest BCUT2D eigenvalue weighted by molar-refractivity contribution is -0.137. The highest BCUT2D eigenvalue weighted by Crippen LogP contribution is 2.13. The van der Waals surface area contributed by atoms with E-state index in [-0.39, 0.29) is 18.4 Å². The third kappa shape index (κ3) is 3.87. The highest BCUT2D eigenvalue weighted by Gasteiger charge is 2.14. The maximum atomic E-state index is 12.1. The number of nitrogens with one attached hydrogen (secondary N) is 1. The number of carbonyl (C=O) groups is 2. The number of aryl methyl sites for hydroxylation is 2. The number of amides is 1. The summed E-state index contributed by atoms with van der Waals surface area (Å²) >= 11 is 0. The Morgan fingerprint density at radius 2 is 1.83 bits per heavy atom. The average molecular weight is 249 g/mol. The van der Waals surface area contributed by atoms with Crippen molar-refractivity contribution >= 4 is 11.9 Å². The predicted octanol–water partition coefficient (Wildman–Crippen LogP) is 2.29. The number of carboxylic acids is 1. The first kappa shape index (κ1) is 14.2. The number of aliphatic carboxylic acids is 1. The number of carboxylic acid groups (broad SMARTS) is 1. The molecule has 0 fully saturated rings. The Morgan fingerprint density at radius 3 is 2.33 bits per heavy atom. The molecule has 0 aliphatic carbocycles. The first-order valence-corrected chi connectivity index (χ1v) is 6.00. The van der Waals surface area contributed by atoms with Gasteiger partial charge in [0.05, 0.1) is 0 Å². The third-order valence-corrected chi connectivity index (χ3v) is 2.88. The second-order valence-electron chi connectivity index (χ2n) is 4.57. The summed E-state index contributed by atoms with van der Waals surface area (Å²) in [5, 5.41) is 11.4. The SMILES string of the molecule is Cc1cccc(C)c1C(=O)NC(C)CCC(=O)O. The maximum absolute atomic E-state index is 12.1. The quantitative estimate of drug-likeness (QED) is 0.841. The van der Waals surface area contributed by atoms with Crippen LogP contribution in [-0.2, 0) is 4.79 Å². The number of benzene rings is 1. The van der Waals surface area contributed by atoms with Crippen LogP contribution in [0, 0.1) is 13.8 Å². The number of rotatable bonds is 5. The van der Waals surface area contributed by atoms with Gasteiger partial charge in [0.2, 0.25) is 0 Å². The summed E-state index contributed by atoms with van der Waals surface area (Å²) in [5.74, 6) is -0.980. The molecule has 0 radical (unpaired) electrons. The summed E-state index contributed by atoms with van der Waals surface area (Å²) in [6, 6.07) is 5.55. The Hall–Kier alpha value is -1.84. The van der Waals surface area contributed by atoms with Crippen LogP contribution in [-0.4, -0.2) is 23.0 Å². The fraction of sp³-hybridized carbons (Fsp3) is 0.429. The van der Waals surface area contributed by atoms with Gasteiger partial charge in [-0.05, 0) is 38.3 Å². The summed E-state index contributed by atoms with van der Waals surface area (Å²) in [6.45, 7) is 5.60. The average Bonchev–Trinajstić information content (AvgIpc) is 2.26. The molecule has 0 spiro atoms. The van der Waals surface area contributed by atoms with E-state index in [0.717, 1.165) is 11.1 Å². The molecule has 1 unspecified atom stereocenters. The molecule has 1 aromatic carbocycles. The van der Waals surface area contributed by atoms with Crippen molar-refractivity contribution in [3.63, 3.8) is 0 Å². The van der Waals surface area contributed by atoms with E-state index < -0.39 is 5.97 Å². The Morgan fingerprint density at radius 1 is 1.28 bits per heavy atom. The van der Waals surface area contributed by atoms with E-state index in [1.54, 1.807) is 0 Å².